The summed E-state index contributed by atoms with van der Waals surface area (Å²) < 4.78 is 38.1. The lowest BCUT2D eigenvalue weighted by molar-refractivity contribution is -0.137. The zero-order valence-corrected chi connectivity index (χ0v) is 16.0. The van der Waals surface area contributed by atoms with Gasteiger partial charge in [-0.1, -0.05) is 23.7 Å². The summed E-state index contributed by atoms with van der Waals surface area (Å²) in [6.45, 7) is 3.91. The van der Waals surface area contributed by atoms with E-state index in [1.54, 1.807) is 11.0 Å². The SMILES string of the molecule is Cc1cccc(Cl)c1NC(=O)N1CCCN(c2ccc(C(F)(F)F)cn2)CC1. The highest BCUT2D eigenvalue weighted by molar-refractivity contribution is 6.33. The number of hydrogen-bond donors (Lipinski definition) is 1. The summed E-state index contributed by atoms with van der Waals surface area (Å²) in [6, 6.07) is 7.53. The average molecular weight is 413 g/mol. The van der Waals surface area contributed by atoms with Gasteiger partial charge in [0.25, 0.3) is 0 Å². The smallest absolute Gasteiger partial charge is 0.355 e. The molecule has 1 aromatic heterocycles. The van der Waals surface area contributed by atoms with E-state index in [1.807, 2.05) is 24.0 Å². The van der Waals surface area contributed by atoms with E-state index in [-0.39, 0.29) is 6.03 Å². The van der Waals surface area contributed by atoms with Crippen molar-refractivity contribution in [2.24, 2.45) is 0 Å². The summed E-state index contributed by atoms with van der Waals surface area (Å²) in [5.74, 6) is 0.470. The topological polar surface area (TPSA) is 48.5 Å². The van der Waals surface area contributed by atoms with Crippen LogP contribution in [0.25, 0.3) is 0 Å². The zero-order chi connectivity index (χ0) is 20.3. The summed E-state index contributed by atoms with van der Waals surface area (Å²) >= 11 is 6.16. The van der Waals surface area contributed by atoms with Crippen molar-refractivity contribution in [2.45, 2.75) is 19.5 Å². The molecule has 150 valence electrons. The molecule has 0 bridgehead atoms. The van der Waals surface area contributed by atoms with E-state index >= 15 is 0 Å². The van der Waals surface area contributed by atoms with E-state index in [2.05, 4.69) is 10.3 Å². The Kier molecular flexibility index (Phi) is 5.98. The number of aromatic nitrogens is 1. The minimum Gasteiger partial charge on any atom is -0.355 e. The Morgan fingerprint density at radius 1 is 1.14 bits per heavy atom. The molecular formula is C19H20ClF3N4O. The third kappa shape index (κ3) is 4.67. The number of urea groups is 1. The highest BCUT2D eigenvalue weighted by atomic mass is 35.5. The van der Waals surface area contributed by atoms with Gasteiger partial charge in [0.2, 0.25) is 0 Å². The van der Waals surface area contributed by atoms with Crippen molar-refractivity contribution in [2.75, 3.05) is 36.4 Å². The van der Waals surface area contributed by atoms with Crippen LogP contribution in [0.5, 0.6) is 0 Å². The first-order valence-corrected chi connectivity index (χ1v) is 9.23. The molecule has 2 aromatic rings. The molecular weight excluding hydrogens is 393 g/mol. The lowest BCUT2D eigenvalue weighted by atomic mass is 10.2. The summed E-state index contributed by atoms with van der Waals surface area (Å²) in [5, 5.41) is 3.32. The second-order valence-corrected chi connectivity index (χ2v) is 7.00. The van der Waals surface area contributed by atoms with Crippen molar-refractivity contribution < 1.29 is 18.0 Å². The number of carbonyl (C=O) groups is 1. The summed E-state index contributed by atoms with van der Waals surface area (Å²) in [5.41, 5.74) is 0.674. The molecule has 28 heavy (non-hydrogen) atoms. The second kappa shape index (κ2) is 8.26. The number of nitrogens with one attached hydrogen (secondary N) is 1. The molecule has 0 unspecified atom stereocenters. The van der Waals surface area contributed by atoms with Crippen LogP contribution in [0.3, 0.4) is 0 Å². The van der Waals surface area contributed by atoms with E-state index < -0.39 is 11.7 Å². The number of aryl methyl sites for hydroxylation is 1. The van der Waals surface area contributed by atoms with Crippen molar-refractivity contribution in [3.63, 3.8) is 0 Å². The maximum Gasteiger partial charge on any atom is 0.417 e. The molecule has 0 spiro atoms. The van der Waals surface area contributed by atoms with Crippen molar-refractivity contribution in [1.82, 2.24) is 9.88 Å². The number of hydrogen-bond acceptors (Lipinski definition) is 3. The molecule has 0 saturated carbocycles. The third-order valence-electron chi connectivity index (χ3n) is 4.64. The standard InChI is InChI=1S/C19H20ClF3N4O/c1-13-4-2-5-15(20)17(13)25-18(28)27-9-3-8-26(10-11-27)16-7-6-14(12-24-16)19(21,22)23/h2,4-7,12H,3,8-11H2,1H3,(H,25,28). The molecule has 1 aliphatic rings. The number of halogens is 4. The molecule has 0 aliphatic carbocycles. The lowest BCUT2D eigenvalue weighted by Crippen LogP contribution is -2.38. The van der Waals surface area contributed by atoms with Crippen LogP contribution in [0.2, 0.25) is 5.02 Å². The normalized spacial score (nSPS) is 15.3. The predicted molar refractivity (Wildman–Crippen MR) is 103 cm³/mol. The quantitative estimate of drug-likeness (QED) is 0.770. The molecule has 1 saturated heterocycles. The molecule has 1 fully saturated rings. The fourth-order valence-corrected chi connectivity index (χ4v) is 3.34. The first kappa shape index (κ1) is 20.3. The van der Waals surface area contributed by atoms with Gasteiger partial charge in [-0.05, 0) is 37.1 Å². The van der Waals surface area contributed by atoms with Crippen LogP contribution >= 0.6 is 11.6 Å². The second-order valence-electron chi connectivity index (χ2n) is 6.59. The molecule has 3 rings (SSSR count). The predicted octanol–water partition coefficient (Wildman–Crippen LogP) is 4.81. The minimum atomic E-state index is -4.41. The van der Waals surface area contributed by atoms with Crippen LogP contribution < -0.4 is 10.2 Å². The molecule has 1 aromatic carbocycles. The van der Waals surface area contributed by atoms with Gasteiger partial charge < -0.3 is 15.1 Å². The van der Waals surface area contributed by atoms with E-state index in [1.165, 1.54) is 6.07 Å². The monoisotopic (exact) mass is 412 g/mol. The lowest BCUT2D eigenvalue weighted by Gasteiger charge is -2.23. The average Bonchev–Trinajstić information content (AvgIpc) is 2.90. The van der Waals surface area contributed by atoms with Crippen LogP contribution in [0.1, 0.15) is 17.5 Å². The number of rotatable bonds is 2. The Balaban J connectivity index is 1.64. The maximum atomic E-state index is 12.7. The largest absolute Gasteiger partial charge is 0.417 e. The first-order chi connectivity index (χ1) is 13.3. The van der Waals surface area contributed by atoms with E-state index in [0.717, 1.165) is 17.8 Å². The highest BCUT2D eigenvalue weighted by Crippen LogP contribution is 2.29. The van der Waals surface area contributed by atoms with Crippen molar-refractivity contribution >= 4 is 29.1 Å². The van der Waals surface area contributed by atoms with E-state index in [9.17, 15) is 18.0 Å². The van der Waals surface area contributed by atoms with Crippen LogP contribution in [0, 0.1) is 6.92 Å². The van der Waals surface area contributed by atoms with Crippen LogP contribution in [0.4, 0.5) is 29.5 Å². The number of carbonyl (C=O) groups excluding carboxylic acids is 1. The van der Waals surface area contributed by atoms with Gasteiger partial charge in [0.1, 0.15) is 5.82 Å². The van der Waals surface area contributed by atoms with Crippen LogP contribution in [-0.4, -0.2) is 42.1 Å². The maximum absolute atomic E-state index is 12.7. The van der Waals surface area contributed by atoms with Crippen LogP contribution in [-0.2, 0) is 6.18 Å². The zero-order valence-electron chi connectivity index (χ0n) is 15.3. The Bertz CT molecular complexity index is 822. The minimum absolute atomic E-state index is 0.251. The van der Waals surface area contributed by atoms with Gasteiger partial charge in [-0.15, -0.1) is 0 Å². The summed E-state index contributed by atoms with van der Waals surface area (Å²) in [4.78, 5) is 20.1. The molecule has 5 nitrogen and oxygen atoms in total. The van der Waals surface area contributed by atoms with Gasteiger partial charge in [-0.25, -0.2) is 9.78 Å². The Hall–Kier alpha value is -2.48. The Labute approximate surface area is 166 Å². The number of amides is 2. The number of pyridine rings is 1. The molecule has 1 N–H and O–H groups in total. The first-order valence-electron chi connectivity index (χ1n) is 8.85. The van der Waals surface area contributed by atoms with Gasteiger partial charge >= 0.3 is 12.2 Å². The number of alkyl halides is 3. The Morgan fingerprint density at radius 3 is 2.57 bits per heavy atom. The van der Waals surface area contributed by atoms with Crippen molar-refractivity contribution in [1.29, 1.82) is 0 Å². The van der Waals surface area contributed by atoms with Gasteiger partial charge in [0, 0.05) is 32.4 Å². The molecule has 1 aliphatic heterocycles. The summed E-state index contributed by atoms with van der Waals surface area (Å²) in [7, 11) is 0. The van der Waals surface area contributed by atoms with E-state index in [4.69, 9.17) is 11.6 Å². The van der Waals surface area contributed by atoms with Gasteiger partial charge in [-0.3, -0.25) is 0 Å². The fourth-order valence-electron chi connectivity index (χ4n) is 3.07. The Morgan fingerprint density at radius 2 is 1.93 bits per heavy atom. The molecule has 2 heterocycles. The van der Waals surface area contributed by atoms with Crippen molar-refractivity contribution in [3.8, 4) is 0 Å². The van der Waals surface area contributed by atoms with Gasteiger partial charge in [0.15, 0.2) is 0 Å². The third-order valence-corrected chi connectivity index (χ3v) is 4.95. The molecule has 2 amide bonds. The molecule has 9 heteroatoms. The molecule has 0 radical (unpaired) electrons. The van der Waals surface area contributed by atoms with E-state index in [0.29, 0.717) is 49.1 Å². The molecule has 0 atom stereocenters. The van der Waals surface area contributed by atoms with Gasteiger partial charge in [-0.2, -0.15) is 13.2 Å². The number of anilines is 2. The summed E-state index contributed by atoms with van der Waals surface area (Å²) in [6.07, 6.45) is -2.89. The van der Waals surface area contributed by atoms with Gasteiger partial charge in [0.05, 0.1) is 16.3 Å². The van der Waals surface area contributed by atoms with Crippen molar-refractivity contribution in [3.05, 3.63) is 52.7 Å². The number of nitrogens with zero attached hydrogens (tertiary/aromatic N) is 3. The number of para-hydroxylation sites is 1. The highest BCUT2D eigenvalue weighted by Gasteiger charge is 2.31. The number of benzene rings is 1. The fraction of sp³-hybridized carbons (Fsp3) is 0.368. The van der Waals surface area contributed by atoms with Crippen LogP contribution in [0.15, 0.2) is 36.5 Å².